The van der Waals surface area contributed by atoms with E-state index in [2.05, 4.69) is 24.2 Å². The van der Waals surface area contributed by atoms with Gasteiger partial charge >= 0.3 is 0 Å². The van der Waals surface area contributed by atoms with E-state index in [1.54, 1.807) is 0 Å². The van der Waals surface area contributed by atoms with Crippen LogP contribution in [0.2, 0.25) is 0 Å². The van der Waals surface area contributed by atoms with Crippen molar-refractivity contribution in [2.75, 3.05) is 13.6 Å². The number of hydrogen-bond acceptors (Lipinski definition) is 2. The van der Waals surface area contributed by atoms with E-state index < -0.39 is 0 Å². The smallest absolute Gasteiger partial charge is 0.0101 e. The third-order valence-corrected chi connectivity index (χ3v) is 5.40. The van der Waals surface area contributed by atoms with Gasteiger partial charge in [0.2, 0.25) is 0 Å². The zero-order valence-corrected chi connectivity index (χ0v) is 10.8. The van der Waals surface area contributed by atoms with Gasteiger partial charge in [0, 0.05) is 18.1 Å². The number of likely N-dealkylation sites (tertiary alicyclic amines) is 1. The van der Waals surface area contributed by atoms with Gasteiger partial charge in [-0.05, 0) is 64.5 Å². The highest BCUT2D eigenvalue weighted by atomic mass is 15.1. The predicted molar refractivity (Wildman–Crippen MR) is 67.5 cm³/mol. The summed E-state index contributed by atoms with van der Waals surface area (Å²) in [7, 11) is 2.26. The molecule has 2 nitrogen and oxygen atoms in total. The molecule has 2 bridgehead atoms. The Bertz CT molecular complexity index is 253. The molecule has 2 saturated carbocycles. The molecule has 0 aromatic carbocycles. The summed E-state index contributed by atoms with van der Waals surface area (Å²) in [5.41, 5.74) is 0. The molecule has 2 heteroatoms. The van der Waals surface area contributed by atoms with E-state index in [9.17, 15) is 0 Å². The van der Waals surface area contributed by atoms with Crippen LogP contribution in [0, 0.1) is 11.8 Å². The van der Waals surface area contributed by atoms with Crippen LogP contribution in [-0.2, 0) is 0 Å². The van der Waals surface area contributed by atoms with Crippen molar-refractivity contribution >= 4 is 0 Å². The van der Waals surface area contributed by atoms with E-state index >= 15 is 0 Å². The lowest BCUT2D eigenvalue weighted by molar-refractivity contribution is 0.154. The second-order valence-corrected chi connectivity index (χ2v) is 6.50. The highest BCUT2D eigenvalue weighted by Crippen LogP contribution is 2.44. The van der Waals surface area contributed by atoms with Crippen LogP contribution in [0.3, 0.4) is 0 Å². The lowest BCUT2D eigenvalue weighted by atomic mass is 9.92. The van der Waals surface area contributed by atoms with E-state index in [0.717, 1.165) is 30.0 Å². The highest BCUT2D eigenvalue weighted by molar-refractivity contribution is 4.96. The number of fused-ring (bicyclic) bond motifs is 2. The van der Waals surface area contributed by atoms with Crippen LogP contribution in [0.15, 0.2) is 0 Å². The molecule has 1 heterocycles. The van der Waals surface area contributed by atoms with E-state index in [4.69, 9.17) is 0 Å². The fourth-order valence-electron chi connectivity index (χ4n) is 4.19. The Morgan fingerprint density at radius 1 is 1.06 bits per heavy atom. The van der Waals surface area contributed by atoms with E-state index in [0.29, 0.717) is 0 Å². The van der Waals surface area contributed by atoms with Crippen LogP contribution in [0.25, 0.3) is 0 Å². The van der Waals surface area contributed by atoms with Crippen molar-refractivity contribution in [1.29, 1.82) is 0 Å². The minimum atomic E-state index is 0.768. The number of rotatable bonds is 2. The maximum atomic E-state index is 3.97. The highest BCUT2D eigenvalue weighted by Gasteiger charge is 2.40. The molecule has 1 saturated heterocycles. The summed E-state index contributed by atoms with van der Waals surface area (Å²) in [6, 6.07) is 2.44. The quantitative estimate of drug-likeness (QED) is 0.771. The Kier molecular flexibility index (Phi) is 2.97. The van der Waals surface area contributed by atoms with E-state index in [1.807, 2.05) is 0 Å². The van der Waals surface area contributed by atoms with Gasteiger partial charge in [-0.25, -0.2) is 0 Å². The van der Waals surface area contributed by atoms with Crippen LogP contribution in [0.1, 0.15) is 45.4 Å². The van der Waals surface area contributed by atoms with Gasteiger partial charge < -0.3 is 10.2 Å². The van der Waals surface area contributed by atoms with Gasteiger partial charge in [-0.3, -0.25) is 0 Å². The van der Waals surface area contributed by atoms with Crippen molar-refractivity contribution in [3.8, 4) is 0 Å². The maximum Gasteiger partial charge on any atom is 0.0101 e. The van der Waals surface area contributed by atoms with Gasteiger partial charge in [-0.2, -0.15) is 0 Å². The zero-order valence-electron chi connectivity index (χ0n) is 10.8. The molecule has 3 rings (SSSR count). The van der Waals surface area contributed by atoms with Crippen LogP contribution in [-0.4, -0.2) is 36.6 Å². The normalized spacial score (nSPS) is 48.8. The molecule has 0 amide bonds. The summed E-state index contributed by atoms with van der Waals surface area (Å²) in [5, 5.41) is 3.97. The average Bonchev–Trinajstić information content (AvgIpc) is 2.85. The minimum Gasteiger partial charge on any atom is -0.311 e. The summed E-state index contributed by atoms with van der Waals surface area (Å²) in [4.78, 5) is 2.50. The molecular weight excluding hydrogens is 196 g/mol. The molecular formula is C14H26N2. The summed E-state index contributed by atoms with van der Waals surface area (Å²) in [6.07, 6.45) is 8.74. The third-order valence-electron chi connectivity index (χ3n) is 5.40. The zero-order chi connectivity index (χ0) is 11.1. The van der Waals surface area contributed by atoms with Crippen molar-refractivity contribution in [2.45, 2.75) is 63.6 Å². The number of hydrogen-bond donors (Lipinski definition) is 1. The Morgan fingerprint density at radius 3 is 2.56 bits per heavy atom. The molecule has 0 radical (unpaired) electrons. The first-order valence-electron chi connectivity index (χ1n) is 7.18. The molecule has 1 aliphatic heterocycles. The summed E-state index contributed by atoms with van der Waals surface area (Å²) >= 11 is 0. The molecule has 16 heavy (non-hydrogen) atoms. The topological polar surface area (TPSA) is 15.3 Å². The minimum absolute atomic E-state index is 0.768. The molecule has 3 fully saturated rings. The molecule has 2 aliphatic carbocycles. The lowest BCUT2D eigenvalue weighted by Crippen LogP contribution is -2.49. The Morgan fingerprint density at radius 2 is 1.94 bits per heavy atom. The number of nitrogens with one attached hydrogen (secondary N) is 1. The van der Waals surface area contributed by atoms with Gasteiger partial charge in [-0.15, -0.1) is 0 Å². The molecule has 1 N–H and O–H groups in total. The monoisotopic (exact) mass is 222 g/mol. The first-order chi connectivity index (χ1) is 7.72. The average molecular weight is 222 g/mol. The van der Waals surface area contributed by atoms with Gasteiger partial charge in [0.15, 0.2) is 0 Å². The Labute approximate surface area is 99.8 Å². The number of nitrogens with zero attached hydrogens (tertiary/aromatic N) is 1. The van der Waals surface area contributed by atoms with Crippen molar-refractivity contribution in [3.63, 3.8) is 0 Å². The standard InChI is InChI=1S/C14H26N2/c1-10-7-13(5-6-16(10)2)15-14-9-11-3-4-12(14)8-11/h10-15H,3-9H2,1-2H3. The largest absolute Gasteiger partial charge is 0.311 e. The molecule has 0 aromatic heterocycles. The summed E-state index contributed by atoms with van der Waals surface area (Å²) < 4.78 is 0. The van der Waals surface area contributed by atoms with Gasteiger partial charge in [0.1, 0.15) is 0 Å². The molecule has 3 aliphatic rings. The Balaban J connectivity index is 1.52. The molecule has 0 aromatic rings. The van der Waals surface area contributed by atoms with E-state index in [-0.39, 0.29) is 0 Å². The second kappa shape index (κ2) is 4.30. The second-order valence-electron chi connectivity index (χ2n) is 6.50. The van der Waals surface area contributed by atoms with Crippen molar-refractivity contribution in [3.05, 3.63) is 0 Å². The molecule has 0 spiro atoms. The van der Waals surface area contributed by atoms with Crippen LogP contribution in [0.4, 0.5) is 0 Å². The van der Waals surface area contributed by atoms with Crippen molar-refractivity contribution < 1.29 is 0 Å². The number of piperidine rings is 1. The predicted octanol–water partition coefficient (Wildman–Crippen LogP) is 2.25. The van der Waals surface area contributed by atoms with Crippen LogP contribution >= 0.6 is 0 Å². The molecule has 92 valence electrons. The Hall–Kier alpha value is -0.0800. The van der Waals surface area contributed by atoms with Gasteiger partial charge in [0.05, 0.1) is 0 Å². The molecule has 5 atom stereocenters. The molecule has 5 unspecified atom stereocenters. The summed E-state index contributed by atoms with van der Waals surface area (Å²) in [5.74, 6) is 2.10. The van der Waals surface area contributed by atoms with Crippen LogP contribution in [0.5, 0.6) is 0 Å². The maximum absolute atomic E-state index is 3.97. The van der Waals surface area contributed by atoms with Crippen molar-refractivity contribution in [2.24, 2.45) is 11.8 Å². The fourth-order valence-corrected chi connectivity index (χ4v) is 4.19. The van der Waals surface area contributed by atoms with Gasteiger partial charge in [-0.1, -0.05) is 6.42 Å². The lowest BCUT2D eigenvalue weighted by Gasteiger charge is -2.38. The van der Waals surface area contributed by atoms with Gasteiger partial charge in [0.25, 0.3) is 0 Å². The van der Waals surface area contributed by atoms with Crippen molar-refractivity contribution in [1.82, 2.24) is 10.2 Å². The van der Waals surface area contributed by atoms with Crippen LogP contribution < -0.4 is 5.32 Å². The van der Waals surface area contributed by atoms with E-state index in [1.165, 1.54) is 45.1 Å². The third kappa shape index (κ3) is 2.02. The first-order valence-corrected chi connectivity index (χ1v) is 7.18. The first kappa shape index (κ1) is 11.0. The summed E-state index contributed by atoms with van der Waals surface area (Å²) in [6.45, 7) is 3.65. The fraction of sp³-hybridized carbons (Fsp3) is 1.00. The SMILES string of the molecule is CC1CC(NC2CC3CCC2C3)CCN1C.